The number of hydrogen-bond acceptors (Lipinski definition) is 4. The van der Waals surface area contributed by atoms with Gasteiger partial charge >= 0.3 is 0 Å². The summed E-state index contributed by atoms with van der Waals surface area (Å²) in [6.45, 7) is 3.94. The summed E-state index contributed by atoms with van der Waals surface area (Å²) in [7, 11) is -2.98. The maximum Gasteiger partial charge on any atom is 0.222 e. The van der Waals surface area contributed by atoms with Gasteiger partial charge in [0.15, 0.2) is 15.8 Å². The minimum atomic E-state index is -2.98. The van der Waals surface area contributed by atoms with Gasteiger partial charge in [-0.25, -0.2) is 8.42 Å². The van der Waals surface area contributed by atoms with Crippen LogP contribution in [0.1, 0.15) is 44.6 Å². The molecule has 2 aliphatic rings. The highest BCUT2D eigenvalue weighted by Crippen LogP contribution is 2.43. The fraction of sp³-hybridized carbons (Fsp3) is 0.619. The number of sulfone groups is 1. The van der Waals surface area contributed by atoms with Crippen LogP contribution < -0.4 is 16.0 Å². The Kier molecular flexibility index (Phi) is 9.39. The lowest BCUT2D eigenvalue weighted by molar-refractivity contribution is -0.121. The van der Waals surface area contributed by atoms with Crippen molar-refractivity contribution in [3.05, 3.63) is 35.9 Å². The number of carbonyl (C=O) groups is 1. The zero-order valence-corrected chi connectivity index (χ0v) is 20.7. The molecule has 9 heteroatoms. The van der Waals surface area contributed by atoms with E-state index in [1.807, 2.05) is 13.0 Å². The summed E-state index contributed by atoms with van der Waals surface area (Å²) >= 11 is 0. The normalized spacial score (nSPS) is 21.8. The summed E-state index contributed by atoms with van der Waals surface area (Å²) in [5.74, 6) is 0.801. The molecule has 1 aliphatic carbocycles. The van der Waals surface area contributed by atoms with Crippen molar-refractivity contribution < 1.29 is 13.2 Å². The lowest BCUT2D eigenvalue weighted by Gasteiger charge is -2.41. The van der Waals surface area contributed by atoms with Crippen LogP contribution in [0.15, 0.2) is 35.3 Å². The Morgan fingerprint density at radius 3 is 2.50 bits per heavy atom. The van der Waals surface area contributed by atoms with Gasteiger partial charge in [0.05, 0.1) is 18.1 Å². The largest absolute Gasteiger partial charge is 0.357 e. The molecule has 0 radical (unpaired) electrons. The molecule has 1 saturated carbocycles. The van der Waals surface area contributed by atoms with E-state index in [1.54, 1.807) is 0 Å². The van der Waals surface area contributed by atoms with Gasteiger partial charge in [-0.3, -0.25) is 9.79 Å². The lowest BCUT2D eigenvalue weighted by atomic mass is 9.64. The molecule has 1 aromatic carbocycles. The first-order chi connectivity index (χ1) is 13.9. The lowest BCUT2D eigenvalue weighted by Crippen LogP contribution is -2.43. The third kappa shape index (κ3) is 6.83. The van der Waals surface area contributed by atoms with Crippen LogP contribution in [0, 0.1) is 0 Å². The van der Waals surface area contributed by atoms with E-state index in [-0.39, 0.29) is 59.3 Å². The minimum absolute atomic E-state index is 0. The van der Waals surface area contributed by atoms with Gasteiger partial charge in [-0.2, -0.15) is 0 Å². The van der Waals surface area contributed by atoms with Crippen molar-refractivity contribution in [2.24, 2.45) is 4.99 Å². The summed E-state index contributed by atoms with van der Waals surface area (Å²) < 4.78 is 23.0. The van der Waals surface area contributed by atoms with Crippen LogP contribution in [-0.4, -0.2) is 57.5 Å². The molecule has 1 atom stereocenters. The Labute approximate surface area is 196 Å². The van der Waals surface area contributed by atoms with Crippen LogP contribution in [0.5, 0.6) is 0 Å². The second-order valence-corrected chi connectivity index (χ2v) is 10.3. The van der Waals surface area contributed by atoms with Gasteiger partial charge in [-0.1, -0.05) is 36.8 Å². The molecule has 3 rings (SSSR count). The van der Waals surface area contributed by atoms with E-state index in [0.717, 1.165) is 25.9 Å². The minimum Gasteiger partial charge on any atom is -0.357 e. The van der Waals surface area contributed by atoms with Crippen molar-refractivity contribution in [2.45, 2.75) is 50.5 Å². The first-order valence-corrected chi connectivity index (χ1v) is 12.3. The molecule has 7 nitrogen and oxygen atoms in total. The average molecular weight is 548 g/mol. The van der Waals surface area contributed by atoms with Crippen molar-refractivity contribution in [3.63, 3.8) is 0 Å². The van der Waals surface area contributed by atoms with Crippen molar-refractivity contribution >= 4 is 45.7 Å². The zero-order chi connectivity index (χ0) is 20.7. The van der Waals surface area contributed by atoms with Crippen molar-refractivity contribution in [1.29, 1.82) is 0 Å². The van der Waals surface area contributed by atoms with E-state index in [9.17, 15) is 13.2 Å². The molecule has 30 heavy (non-hydrogen) atoms. The predicted octanol–water partition coefficient (Wildman–Crippen LogP) is 1.97. The number of amides is 1. The van der Waals surface area contributed by atoms with Crippen LogP contribution in [-0.2, 0) is 20.0 Å². The molecule has 1 heterocycles. The Morgan fingerprint density at radius 1 is 1.20 bits per heavy atom. The molecule has 0 spiro atoms. The number of guanidine groups is 1. The average Bonchev–Trinajstić information content (AvgIpc) is 3.00. The summed E-state index contributed by atoms with van der Waals surface area (Å²) in [6, 6.07) is 10.3. The molecule has 168 valence electrons. The molecule has 2 fully saturated rings. The van der Waals surface area contributed by atoms with Gasteiger partial charge in [0, 0.05) is 31.0 Å². The Hall–Kier alpha value is -1.36. The number of nitrogens with zero attached hydrogens (tertiary/aromatic N) is 1. The predicted molar refractivity (Wildman–Crippen MR) is 131 cm³/mol. The number of halogens is 1. The number of nitrogens with one attached hydrogen (secondary N) is 3. The van der Waals surface area contributed by atoms with Gasteiger partial charge in [0.25, 0.3) is 0 Å². The Balaban J connectivity index is 0.00000320. The summed E-state index contributed by atoms with van der Waals surface area (Å²) in [5.41, 5.74) is 1.46. The first kappa shape index (κ1) is 24.9. The zero-order valence-electron chi connectivity index (χ0n) is 17.5. The Bertz CT molecular complexity index is 826. The van der Waals surface area contributed by atoms with E-state index < -0.39 is 9.84 Å². The number of benzene rings is 1. The molecule has 3 N–H and O–H groups in total. The molecule has 1 aromatic rings. The smallest absolute Gasteiger partial charge is 0.222 e. The third-order valence-electron chi connectivity index (χ3n) is 5.82. The van der Waals surface area contributed by atoms with Crippen LogP contribution in [0.4, 0.5) is 0 Å². The second kappa shape index (κ2) is 11.3. The molecule has 1 amide bonds. The third-order valence-corrected chi connectivity index (χ3v) is 7.59. The summed E-state index contributed by atoms with van der Waals surface area (Å²) in [6.07, 6.45) is 4.31. The van der Waals surface area contributed by atoms with Gasteiger partial charge in [0.2, 0.25) is 5.91 Å². The number of hydrogen-bond donors (Lipinski definition) is 3. The van der Waals surface area contributed by atoms with Crippen molar-refractivity contribution in [1.82, 2.24) is 16.0 Å². The monoisotopic (exact) mass is 548 g/mol. The van der Waals surface area contributed by atoms with Crippen molar-refractivity contribution in [2.75, 3.05) is 31.1 Å². The fourth-order valence-corrected chi connectivity index (χ4v) is 5.68. The first-order valence-electron chi connectivity index (χ1n) is 10.5. The second-order valence-electron chi connectivity index (χ2n) is 8.04. The summed E-state index contributed by atoms with van der Waals surface area (Å²) in [4.78, 5) is 16.9. The van der Waals surface area contributed by atoms with E-state index >= 15 is 0 Å². The van der Waals surface area contributed by atoms with E-state index in [4.69, 9.17) is 4.99 Å². The van der Waals surface area contributed by atoms with E-state index in [1.165, 1.54) is 12.0 Å². The van der Waals surface area contributed by atoms with Gasteiger partial charge in [0.1, 0.15) is 0 Å². The topological polar surface area (TPSA) is 99.7 Å². The maximum absolute atomic E-state index is 12.1. The standard InChI is InChI=1S/C21H32N4O3S.HI/c1-2-22-20(23-13-9-19(26)25-18-10-14-29(27,28)15-18)24-16-21(11-6-12-21)17-7-4-3-5-8-17;/h3-5,7-8,18H,2,6,9-16H2,1H3,(H,25,26)(H2,22,23,24);1H. The van der Waals surface area contributed by atoms with Crippen LogP contribution in [0.2, 0.25) is 0 Å². The van der Waals surface area contributed by atoms with Gasteiger partial charge in [-0.15, -0.1) is 24.0 Å². The van der Waals surface area contributed by atoms with E-state index in [0.29, 0.717) is 18.9 Å². The highest BCUT2D eigenvalue weighted by molar-refractivity contribution is 14.0. The number of aliphatic imine (C=N–C) groups is 1. The molecular weight excluding hydrogens is 515 g/mol. The van der Waals surface area contributed by atoms with E-state index in [2.05, 4.69) is 40.2 Å². The highest BCUT2D eigenvalue weighted by Gasteiger charge is 2.38. The van der Waals surface area contributed by atoms with Crippen molar-refractivity contribution in [3.8, 4) is 0 Å². The number of rotatable bonds is 8. The quantitative estimate of drug-likeness (QED) is 0.262. The molecule has 1 saturated heterocycles. The molecule has 1 unspecified atom stereocenters. The molecular formula is C21H33IN4O3S. The molecule has 0 aromatic heterocycles. The Morgan fingerprint density at radius 2 is 1.93 bits per heavy atom. The highest BCUT2D eigenvalue weighted by atomic mass is 127. The van der Waals surface area contributed by atoms with Crippen LogP contribution in [0.3, 0.4) is 0 Å². The van der Waals surface area contributed by atoms with Gasteiger partial charge in [-0.05, 0) is 31.7 Å². The van der Waals surface area contributed by atoms with Crippen LogP contribution in [0.25, 0.3) is 0 Å². The SMILES string of the molecule is CCNC(=NCC1(c2ccccc2)CCC1)NCCC(=O)NC1CCS(=O)(=O)C1.I. The number of carbonyl (C=O) groups excluding carboxylic acids is 1. The van der Waals surface area contributed by atoms with Gasteiger partial charge < -0.3 is 16.0 Å². The fourth-order valence-electron chi connectivity index (χ4n) is 4.01. The molecule has 0 bridgehead atoms. The maximum atomic E-state index is 12.1. The van der Waals surface area contributed by atoms with Crippen LogP contribution >= 0.6 is 24.0 Å². The molecule has 1 aliphatic heterocycles. The summed E-state index contributed by atoms with van der Waals surface area (Å²) in [5, 5.41) is 9.28.